The summed E-state index contributed by atoms with van der Waals surface area (Å²) in [4.78, 5) is 24.0. The number of benzene rings is 2. The molecule has 2 rings (SSSR count). The maximum atomic E-state index is 12.0. The highest BCUT2D eigenvalue weighted by molar-refractivity contribution is 5.91. The molecular weight excluding hydrogens is 416 g/mol. The Morgan fingerprint density at radius 3 is 1.25 bits per heavy atom. The van der Waals surface area contributed by atoms with Crippen LogP contribution in [0.25, 0.3) is 0 Å². The lowest BCUT2D eigenvalue weighted by Gasteiger charge is -2.13. The van der Waals surface area contributed by atoms with E-state index in [-0.39, 0.29) is 13.2 Å². The molecular formula is C24H28O8. The SMILES string of the molecule is COc1cc(C)c(COC(=O)/C=C/C(=O)OCc2cc(OC)c(OC)cc2C)cc1OC. The predicted molar refractivity (Wildman–Crippen MR) is 117 cm³/mol. The van der Waals surface area contributed by atoms with Crippen molar-refractivity contribution in [1.82, 2.24) is 0 Å². The number of aryl methyl sites for hydroxylation is 2. The minimum Gasteiger partial charge on any atom is -0.493 e. The van der Waals surface area contributed by atoms with Gasteiger partial charge in [-0.25, -0.2) is 9.59 Å². The van der Waals surface area contributed by atoms with Crippen LogP contribution in [0.2, 0.25) is 0 Å². The average Bonchev–Trinajstić information content (AvgIpc) is 2.80. The van der Waals surface area contributed by atoms with Crippen LogP contribution in [0.3, 0.4) is 0 Å². The maximum Gasteiger partial charge on any atom is 0.331 e. The maximum absolute atomic E-state index is 12.0. The molecule has 8 nitrogen and oxygen atoms in total. The summed E-state index contributed by atoms with van der Waals surface area (Å²) < 4.78 is 31.4. The van der Waals surface area contributed by atoms with Gasteiger partial charge >= 0.3 is 11.9 Å². The van der Waals surface area contributed by atoms with E-state index >= 15 is 0 Å². The normalized spacial score (nSPS) is 10.6. The van der Waals surface area contributed by atoms with Crippen molar-refractivity contribution < 1.29 is 38.0 Å². The number of carbonyl (C=O) groups is 2. The van der Waals surface area contributed by atoms with Gasteiger partial charge in [-0.1, -0.05) is 0 Å². The first-order valence-electron chi connectivity index (χ1n) is 9.77. The second-order valence-corrected chi connectivity index (χ2v) is 6.82. The van der Waals surface area contributed by atoms with E-state index in [4.69, 9.17) is 28.4 Å². The van der Waals surface area contributed by atoms with Gasteiger partial charge in [-0.3, -0.25) is 0 Å². The molecule has 0 saturated carbocycles. The number of rotatable bonds is 10. The van der Waals surface area contributed by atoms with Crippen molar-refractivity contribution >= 4 is 11.9 Å². The summed E-state index contributed by atoms with van der Waals surface area (Å²) in [6.45, 7) is 3.79. The molecule has 32 heavy (non-hydrogen) atoms. The fourth-order valence-electron chi connectivity index (χ4n) is 2.89. The van der Waals surface area contributed by atoms with E-state index in [9.17, 15) is 9.59 Å². The standard InChI is InChI=1S/C24H28O8/c1-15-9-19(27-3)21(29-5)11-17(15)13-31-23(25)7-8-24(26)32-14-18-12-22(30-6)20(28-4)10-16(18)2/h7-12H,13-14H2,1-6H3/b8-7+. The van der Waals surface area contributed by atoms with Gasteiger partial charge in [-0.2, -0.15) is 0 Å². The van der Waals surface area contributed by atoms with Gasteiger partial charge in [0, 0.05) is 12.2 Å². The molecule has 0 fully saturated rings. The molecule has 0 radical (unpaired) electrons. The Morgan fingerprint density at radius 1 is 0.625 bits per heavy atom. The molecule has 0 N–H and O–H groups in total. The van der Waals surface area contributed by atoms with Crippen molar-refractivity contribution in [2.75, 3.05) is 28.4 Å². The van der Waals surface area contributed by atoms with Gasteiger partial charge in [0.15, 0.2) is 23.0 Å². The Bertz CT molecular complexity index is 914. The third-order valence-electron chi connectivity index (χ3n) is 4.78. The van der Waals surface area contributed by atoms with Crippen LogP contribution in [-0.4, -0.2) is 40.4 Å². The highest BCUT2D eigenvalue weighted by Gasteiger charge is 2.12. The third-order valence-corrected chi connectivity index (χ3v) is 4.78. The van der Waals surface area contributed by atoms with Gasteiger partial charge in [-0.05, 0) is 60.4 Å². The molecule has 0 aromatic heterocycles. The van der Waals surface area contributed by atoms with Gasteiger partial charge in [0.05, 0.1) is 28.4 Å². The Morgan fingerprint density at radius 2 is 0.938 bits per heavy atom. The highest BCUT2D eigenvalue weighted by Crippen LogP contribution is 2.31. The summed E-state index contributed by atoms with van der Waals surface area (Å²) >= 11 is 0. The summed E-state index contributed by atoms with van der Waals surface area (Å²) in [6, 6.07) is 7.08. The Labute approximate surface area is 187 Å². The molecule has 0 aliphatic heterocycles. The molecule has 0 bridgehead atoms. The van der Waals surface area contributed by atoms with Gasteiger partial charge < -0.3 is 28.4 Å². The fraction of sp³-hybridized carbons (Fsp3) is 0.333. The zero-order chi connectivity index (χ0) is 23.7. The second kappa shape index (κ2) is 11.6. The lowest BCUT2D eigenvalue weighted by Crippen LogP contribution is -2.06. The van der Waals surface area contributed by atoms with Crippen LogP contribution < -0.4 is 18.9 Å². The van der Waals surface area contributed by atoms with E-state index in [2.05, 4.69) is 0 Å². The summed E-state index contributed by atoms with van der Waals surface area (Å²) in [5, 5.41) is 0. The molecule has 2 aromatic carbocycles. The van der Waals surface area contributed by atoms with Crippen molar-refractivity contribution in [3.05, 3.63) is 58.7 Å². The highest BCUT2D eigenvalue weighted by atomic mass is 16.5. The van der Waals surface area contributed by atoms with Crippen LogP contribution in [0.5, 0.6) is 23.0 Å². The largest absolute Gasteiger partial charge is 0.493 e. The summed E-state index contributed by atoms with van der Waals surface area (Å²) in [7, 11) is 6.16. The van der Waals surface area contributed by atoms with Crippen LogP contribution in [0.4, 0.5) is 0 Å². The van der Waals surface area contributed by atoms with Crippen LogP contribution in [0.15, 0.2) is 36.4 Å². The monoisotopic (exact) mass is 444 g/mol. The van der Waals surface area contributed by atoms with Crippen molar-refractivity contribution in [2.24, 2.45) is 0 Å². The van der Waals surface area contributed by atoms with Gasteiger partial charge in [0.1, 0.15) is 13.2 Å². The lowest BCUT2D eigenvalue weighted by molar-refractivity contribution is -0.141. The topological polar surface area (TPSA) is 89.5 Å². The molecule has 8 heteroatoms. The van der Waals surface area contributed by atoms with Crippen LogP contribution in [0.1, 0.15) is 22.3 Å². The van der Waals surface area contributed by atoms with Crippen molar-refractivity contribution in [3.63, 3.8) is 0 Å². The van der Waals surface area contributed by atoms with E-state index in [1.165, 1.54) is 14.2 Å². The molecule has 0 spiro atoms. The number of methoxy groups -OCH3 is 4. The van der Waals surface area contributed by atoms with Crippen molar-refractivity contribution in [3.8, 4) is 23.0 Å². The van der Waals surface area contributed by atoms with Crippen LogP contribution in [-0.2, 0) is 32.3 Å². The van der Waals surface area contributed by atoms with Crippen LogP contribution >= 0.6 is 0 Å². The van der Waals surface area contributed by atoms with E-state index in [0.717, 1.165) is 34.4 Å². The Balaban J connectivity index is 1.91. The van der Waals surface area contributed by atoms with Crippen molar-refractivity contribution in [2.45, 2.75) is 27.1 Å². The average molecular weight is 444 g/mol. The van der Waals surface area contributed by atoms with Gasteiger partial charge in [0.25, 0.3) is 0 Å². The van der Waals surface area contributed by atoms with Gasteiger partial charge in [-0.15, -0.1) is 0 Å². The molecule has 0 aliphatic carbocycles. The minimum atomic E-state index is -0.668. The number of hydrogen-bond donors (Lipinski definition) is 0. The lowest BCUT2D eigenvalue weighted by atomic mass is 10.1. The number of hydrogen-bond acceptors (Lipinski definition) is 8. The molecule has 0 heterocycles. The van der Waals surface area contributed by atoms with Gasteiger partial charge in [0.2, 0.25) is 0 Å². The summed E-state index contributed by atoms with van der Waals surface area (Å²) in [6.07, 6.45) is 2.06. The molecule has 0 unspecified atom stereocenters. The number of ether oxygens (including phenoxy) is 6. The first-order valence-corrected chi connectivity index (χ1v) is 9.77. The van der Waals surface area contributed by atoms with E-state index in [1.807, 2.05) is 13.8 Å². The van der Waals surface area contributed by atoms with E-state index in [0.29, 0.717) is 23.0 Å². The number of carbonyl (C=O) groups excluding carboxylic acids is 2. The Hall–Kier alpha value is -3.68. The zero-order valence-electron chi connectivity index (χ0n) is 19.1. The summed E-state index contributed by atoms with van der Waals surface area (Å²) in [5.41, 5.74) is 3.28. The molecule has 0 saturated heterocycles. The minimum absolute atomic E-state index is 0.0231. The fourth-order valence-corrected chi connectivity index (χ4v) is 2.89. The van der Waals surface area contributed by atoms with Crippen molar-refractivity contribution in [1.29, 1.82) is 0 Å². The second-order valence-electron chi connectivity index (χ2n) is 6.82. The summed E-state index contributed by atoms with van der Waals surface area (Å²) in [5.74, 6) is 0.916. The smallest absolute Gasteiger partial charge is 0.331 e. The van der Waals surface area contributed by atoms with E-state index < -0.39 is 11.9 Å². The molecule has 2 aromatic rings. The van der Waals surface area contributed by atoms with Crippen LogP contribution in [0, 0.1) is 13.8 Å². The molecule has 0 atom stereocenters. The van der Waals surface area contributed by atoms with E-state index in [1.54, 1.807) is 38.5 Å². The molecule has 0 amide bonds. The first kappa shape index (κ1) is 24.6. The predicted octanol–water partition coefficient (Wildman–Crippen LogP) is 3.68. The quantitative estimate of drug-likeness (QED) is 0.405. The Kier molecular flexibility index (Phi) is 8.95. The molecule has 0 aliphatic rings. The third kappa shape index (κ3) is 6.41. The number of esters is 2. The molecule has 172 valence electrons. The zero-order valence-corrected chi connectivity index (χ0v) is 19.1. The first-order chi connectivity index (χ1) is 15.3.